The van der Waals surface area contributed by atoms with Crippen LogP contribution in [0.1, 0.15) is 39.0 Å². The molecule has 0 spiro atoms. The summed E-state index contributed by atoms with van der Waals surface area (Å²) in [6.45, 7) is 5.76. The lowest BCUT2D eigenvalue weighted by atomic mass is 10.2. The van der Waals surface area contributed by atoms with Gasteiger partial charge in [-0.15, -0.1) is 0 Å². The van der Waals surface area contributed by atoms with Crippen molar-refractivity contribution >= 4 is 5.84 Å². The fourth-order valence-electron chi connectivity index (χ4n) is 1.74. The minimum atomic E-state index is 0.347. The van der Waals surface area contributed by atoms with Crippen LogP contribution in [0, 0.1) is 5.92 Å². The molecule has 1 fully saturated rings. The van der Waals surface area contributed by atoms with Crippen LogP contribution in [0.25, 0.3) is 0 Å². The summed E-state index contributed by atoms with van der Waals surface area (Å²) in [4.78, 5) is 2.50. The first-order valence-electron chi connectivity index (χ1n) is 5.95. The predicted molar refractivity (Wildman–Crippen MR) is 62.1 cm³/mol. The van der Waals surface area contributed by atoms with Crippen molar-refractivity contribution in [3.8, 4) is 0 Å². The van der Waals surface area contributed by atoms with Gasteiger partial charge in [0.15, 0.2) is 0 Å². The summed E-state index contributed by atoms with van der Waals surface area (Å²) < 4.78 is 0. The lowest BCUT2D eigenvalue weighted by Gasteiger charge is -2.19. The molecule has 88 valence electrons. The summed E-state index contributed by atoms with van der Waals surface area (Å²) in [5.74, 6) is 1.31. The van der Waals surface area contributed by atoms with Crippen molar-refractivity contribution in [2.45, 2.75) is 39.0 Å². The van der Waals surface area contributed by atoms with E-state index in [-0.39, 0.29) is 0 Å². The average Bonchev–Trinajstić information content (AvgIpc) is 3.05. The fourth-order valence-corrected chi connectivity index (χ4v) is 1.74. The maximum Gasteiger partial charge on any atom is 0.139 e. The Kier molecular flexibility index (Phi) is 5.47. The number of rotatable bonds is 8. The van der Waals surface area contributed by atoms with E-state index in [1.807, 2.05) is 0 Å². The van der Waals surface area contributed by atoms with Gasteiger partial charge >= 0.3 is 0 Å². The van der Waals surface area contributed by atoms with Gasteiger partial charge in [0, 0.05) is 13.0 Å². The van der Waals surface area contributed by atoms with Crippen molar-refractivity contribution in [1.82, 2.24) is 4.90 Å². The van der Waals surface area contributed by atoms with Crippen LogP contribution in [0.4, 0.5) is 0 Å². The highest BCUT2D eigenvalue weighted by Crippen LogP contribution is 2.29. The topological polar surface area (TPSA) is 61.8 Å². The number of unbranched alkanes of at least 4 members (excludes halogenated alkanes) is 1. The maximum atomic E-state index is 8.37. The van der Waals surface area contributed by atoms with E-state index in [0.717, 1.165) is 31.8 Å². The molecule has 4 nitrogen and oxygen atoms in total. The number of oxime groups is 1. The Morgan fingerprint density at radius 2 is 2.20 bits per heavy atom. The van der Waals surface area contributed by atoms with Crippen LogP contribution in [0.3, 0.4) is 0 Å². The second kappa shape index (κ2) is 6.67. The maximum absolute atomic E-state index is 8.37. The molecule has 0 amide bonds. The molecule has 0 unspecified atom stereocenters. The standard InChI is InChI=1S/C11H23N3O/c1-2-14(9-10-6-7-10)8-4-3-5-11(12)13-15/h10,15H,2-9H2,1H3,(H2,12,13). The summed E-state index contributed by atoms with van der Waals surface area (Å²) in [7, 11) is 0. The van der Waals surface area contributed by atoms with Crippen LogP contribution in [-0.2, 0) is 0 Å². The van der Waals surface area contributed by atoms with Gasteiger partial charge in [-0.3, -0.25) is 0 Å². The van der Waals surface area contributed by atoms with Crippen LogP contribution in [0.5, 0.6) is 0 Å². The van der Waals surface area contributed by atoms with Crippen LogP contribution in [0.15, 0.2) is 5.16 Å². The number of nitrogens with zero attached hydrogens (tertiary/aromatic N) is 2. The molecule has 0 atom stereocenters. The second-order valence-corrected chi connectivity index (χ2v) is 4.39. The number of nitrogens with two attached hydrogens (primary N) is 1. The van der Waals surface area contributed by atoms with Gasteiger partial charge < -0.3 is 15.8 Å². The third kappa shape index (κ3) is 5.62. The zero-order valence-electron chi connectivity index (χ0n) is 9.65. The van der Waals surface area contributed by atoms with E-state index in [9.17, 15) is 0 Å². The lowest BCUT2D eigenvalue weighted by molar-refractivity contribution is 0.271. The first-order chi connectivity index (χ1) is 7.26. The molecule has 1 saturated carbocycles. The molecule has 3 N–H and O–H groups in total. The Morgan fingerprint density at radius 3 is 2.73 bits per heavy atom. The van der Waals surface area contributed by atoms with E-state index in [2.05, 4.69) is 17.0 Å². The van der Waals surface area contributed by atoms with Gasteiger partial charge in [0.25, 0.3) is 0 Å². The average molecular weight is 213 g/mol. The third-order valence-corrected chi connectivity index (χ3v) is 2.95. The summed E-state index contributed by atoms with van der Waals surface area (Å²) in [6.07, 6.45) is 5.69. The number of hydrogen-bond acceptors (Lipinski definition) is 3. The van der Waals surface area contributed by atoms with Gasteiger partial charge in [-0.1, -0.05) is 12.1 Å². The molecule has 1 rings (SSSR count). The molecule has 0 aromatic rings. The summed E-state index contributed by atoms with van der Waals surface area (Å²) in [6, 6.07) is 0. The lowest BCUT2D eigenvalue weighted by Crippen LogP contribution is -2.27. The van der Waals surface area contributed by atoms with E-state index in [1.165, 1.54) is 19.4 Å². The third-order valence-electron chi connectivity index (χ3n) is 2.95. The van der Waals surface area contributed by atoms with Crippen molar-refractivity contribution in [2.24, 2.45) is 16.8 Å². The molecular weight excluding hydrogens is 190 g/mol. The summed E-state index contributed by atoms with van der Waals surface area (Å²) in [5.41, 5.74) is 5.40. The predicted octanol–water partition coefficient (Wildman–Crippen LogP) is 1.64. The summed E-state index contributed by atoms with van der Waals surface area (Å²) in [5, 5.41) is 11.3. The zero-order chi connectivity index (χ0) is 11.1. The molecule has 1 aliphatic carbocycles. The fraction of sp³-hybridized carbons (Fsp3) is 0.909. The Labute approximate surface area is 92.1 Å². The Hall–Kier alpha value is -0.770. The van der Waals surface area contributed by atoms with Crippen molar-refractivity contribution in [1.29, 1.82) is 0 Å². The smallest absolute Gasteiger partial charge is 0.139 e. The van der Waals surface area contributed by atoms with Gasteiger partial charge in [-0.2, -0.15) is 0 Å². The minimum absolute atomic E-state index is 0.347. The highest BCUT2D eigenvalue weighted by Gasteiger charge is 2.23. The largest absolute Gasteiger partial charge is 0.409 e. The monoisotopic (exact) mass is 213 g/mol. The van der Waals surface area contributed by atoms with Crippen molar-refractivity contribution in [3.05, 3.63) is 0 Å². The minimum Gasteiger partial charge on any atom is -0.409 e. The van der Waals surface area contributed by atoms with Gasteiger partial charge in [0.1, 0.15) is 5.84 Å². The van der Waals surface area contributed by atoms with Gasteiger partial charge in [0.05, 0.1) is 0 Å². The highest BCUT2D eigenvalue weighted by atomic mass is 16.4. The number of amidine groups is 1. The molecule has 0 bridgehead atoms. The van der Waals surface area contributed by atoms with E-state index in [4.69, 9.17) is 10.9 Å². The highest BCUT2D eigenvalue weighted by molar-refractivity contribution is 5.79. The van der Waals surface area contributed by atoms with E-state index >= 15 is 0 Å². The molecule has 15 heavy (non-hydrogen) atoms. The van der Waals surface area contributed by atoms with Gasteiger partial charge in [-0.25, -0.2) is 0 Å². The van der Waals surface area contributed by atoms with E-state index in [1.54, 1.807) is 0 Å². The molecular formula is C11H23N3O. The Morgan fingerprint density at radius 1 is 1.47 bits per heavy atom. The van der Waals surface area contributed by atoms with Gasteiger partial charge in [-0.05, 0) is 44.7 Å². The molecule has 0 aromatic heterocycles. The van der Waals surface area contributed by atoms with Crippen molar-refractivity contribution < 1.29 is 5.21 Å². The van der Waals surface area contributed by atoms with Crippen molar-refractivity contribution in [2.75, 3.05) is 19.6 Å². The molecule has 0 saturated heterocycles. The normalized spacial score (nSPS) is 17.3. The molecule has 0 aromatic carbocycles. The second-order valence-electron chi connectivity index (χ2n) is 4.39. The van der Waals surface area contributed by atoms with Crippen LogP contribution in [-0.4, -0.2) is 35.6 Å². The molecule has 1 aliphatic rings. The van der Waals surface area contributed by atoms with E-state index < -0.39 is 0 Å². The van der Waals surface area contributed by atoms with Crippen molar-refractivity contribution in [3.63, 3.8) is 0 Å². The SMILES string of the molecule is CCN(CCCCC(N)=NO)CC1CC1. The molecule has 0 heterocycles. The van der Waals surface area contributed by atoms with Gasteiger partial charge in [0.2, 0.25) is 0 Å². The van der Waals surface area contributed by atoms with Crippen LogP contribution >= 0.6 is 0 Å². The quantitative estimate of drug-likeness (QED) is 0.212. The van der Waals surface area contributed by atoms with Crippen LogP contribution in [0.2, 0.25) is 0 Å². The Bertz CT molecular complexity index is 202. The molecule has 4 heteroatoms. The first kappa shape index (κ1) is 12.3. The van der Waals surface area contributed by atoms with Crippen LogP contribution < -0.4 is 5.73 Å². The Balaban J connectivity index is 2.00. The first-order valence-corrected chi connectivity index (χ1v) is 5.95. The number of hydrogen-bond donors (Lipinski definition) is 2. The van der Waals surface area contributed by atoms with E-state index in [0.29, 0.717) is 12.3 Å². The summed E-state index contributed by atoms with van der Waals surface area (Å²) >= 11 is 0. The zero-order valence-corrected chi connectivity index (χ0v) is 9.65. The molecule has 0 aliphatic heterocycles. The molecule has 0 radical (unpaired) electrons.